The monoisotopic (exact) mass is 264 g/mol. The molecule has 0 radical (unpaired) electrons. The molecule has 3 rings (SSSR count). The molecule has 0 spiro atoms. The zero-order chi connectivity index (χ0) is 12.7. The second kappa shape index (κ2) is 4.20. The van der Waals surface area contributed by atoms with Crippen molar-refractivity contribution in [3.8, 4) is 0 Å². The Balaban J connectivity index is 1.96. The number of carbonyl (C=O) groups is 1. The molecule has 2 heterocycles. The minimum absolute atomic E-state index is 0.413. The Morgan fingerprint density at radius 1 is 1.44 bits per heavy atom. The van der Waals surface area contributed by atoms with Crippen LogP contribution in [0.25, 0.3) is 0 Å². The maximum atomic E-state index is 11.1. The molecule has 0 aromatic carbocycles. The molecule has 2 aromatic rings. The normalized spacial score (nSPS) is 15.0. The molecule has 8 heteroatoms. The summed E-state index contributed by atoms with van der Waals surface area (Å²) in [7, 11) is 1.81. The largest absolute Gasteiger partial charge is 0.298 e. The summed E-state index contributed by atoms with van der Waals surface area (Å²) in [5, 5.41) is 17.4. The van der Waals surface area contributed by atoms with Crippen molar-refractivity contribution in [3.63, 3.8) is 0 Å². The third-order valence-electron chi connectivity index (χ3n) is 2.88. The van der Waals surface area contributed by atoms with E-state index in [2.05, 4.69) is 20.6 Å². The quantitative estimate of drug-likeness (QED) is 0.767. The Morgan fingerprint density at radius 2 is 2.22 bits per heavy atom. The van der Waals surface area contributed by atoms with E-state index in [9.17, 15) is 4.79 Å². The number of hydrogen-bond acceptors (Lipinski definition) is 6. The SMILES string of the molecule is Cc1nn(C)c(Sc2nnnn2C2CC2)c1C=O. The lowest BCUT2D eigenvalue weighted by Gasteiger charge is -2.03. The topological polar surface area (TPSA) is 78.5 Å². The second-order valence-corrected chi connectivity index (χ2v) is 5.24. The highest BCUT2D eigenvalue weighted by molar-refractivity contribution is 7.99. The van der Waals surface area contributed by atoms with Gasteiger partial charge in [-0.15, -0.1) is 5.10 Å². The number of carbonyl (C=O) groups excluding carboxylic acids is 1. The fourth-order valence-electron chi connectivity index (χ4n) is 1.80. The third kappa shape index (κ3) is 1.82. The summed E-state index contributed by atoms with van der Waals surface area (Å²) < 4.78 is 3.51. The standard InChI is InChI=1S/C10H12N6OS/c1-6-8(5-17)9(15(2)12-6)18-10-11-13-14-16(10)7-3-4-7/h5,7H,3-4H2,1-2H3. The van der Waals surface area contributed by atoms with Crippen molar-refractivity contribution in [2.75, 3.05) is 0 Å². The fraction of sp³-hybridized carbons (Fsp3) is 0.500. The lowest BCUT2D eigenvalue weighted by atomic mass is 10.3. The molecule has 18 heavy (non-hydrogen) atoms. The highest BCUT2D eigenvalue weighted by atomic mass is 32.2. The maximum absolute atomic E-state index is 11.1. The Kier molecular flexibility index (Phi) is 2.66. The summed E-state index contributed by atoms with van der Waals surface area (Å²) in [6.45, 7) is 1.82. The molecule has 1 saturated carbocycles. The molecule has 1 aliphatic rings. The average molecular weight is 264 g/mol. The van der Waals surface area contributed by atoms with Crippen LogP contribution in [0.15, 0.2) is 10.2 Å². The van der Waals surface area contributed by atoms with Gasteiger partial charge in [0.25, 0.3) is 0 Å². The van der Waals surface area contributed by atoms with Gasteiger partial charge >= 0.3 is 0 Å². The Hall–Kier alpha value is -1.70. The predicted molar refractivity (Wildman–Crippen MR) is 63.5 cm³/mol. The molecule has 0 atom stereocenters. The van der Waals surface area contributed by atoms with Crippen LogP contribution in [0.3, 0.4) is 0 Å². The van der Waals surface area contributed by atoms with Gasteiger partial charge in [0.1, 0.15) is 5.03 Å². The van der Waals surface area contributed by atoms with E-state index in [1.807, 2.05) is 18.7 Å². The summed E-state index contributed by atoms with van der Waals surface area (Å²) in [4.78, 5) is 11.1. The zero-order valence-electron chi connectivity index (χ0n) is 10.1. The summed E-state index contributed by atoms with van der Waals surface area (Å²) in [5.74, 6) is 0. The molecule has 1 aliphatic carbocycles. The first-order valence-corrected chi connectivity index (χ1v) is 6.47. The lowest BCUT2D eigenvalue weighted by molar-refractivity contribution is 0.112. The van der Waals surface area contributed by atoms with Crippen LogP contribution in [0.2, 0.25) is 0 Å². The number of tetrazole rings is 1. The molecule has 0 aliphatic heterocycles. The van der Waals surface area contributed by atoms with Crippen molar-refractivity contribution in [2.45, 2.75) is 36.0 Å². The van der Waals surface area contributed by atoms with E-state index in [0.29, 0.717) is 16.8 Å². The van der Waals surface area contributed by atoms with Crippen LogP contribution in [-0.4, -0.2) is 36.3 Å². The number of hydrogen-bond donors (Lipinski definition) is 0. The van der Waals surface area contributed by atoms with Gasteiger partial charge in [-0.3, -0.25) is 9.48 Å². The molecule has 0 N–H and O–H groups in total. The first-order valence-electron chi connectivity index (χ1n) is 5.65. The van der Waals surface area contributed by atoms with Crippen molar-refractivity contribution < 1.29 is 4.79 Å². The molecule has 2 aromatic heterocycles. The second-order valence-electron chi connectivity index (χ2n) is 4.28. The summed E-state index contributed by atoms with van der Waals surface area (Å²) in [6, 6.07) is 0.413. The van der Waals surface area contributed by atoms with Gasteiger partial charge < -0.3 is 0 Å². The van der Waals surface area contributed by atoms with Gasteiger partial charge in [-0.1, -0.05) is 0 Å². The number of nitrogens with zero attached hydrogens (tertiary/aromatic N) is 6. The van der Waals surface area contributed by atoms with E-state index in [1.165, 1.54) is 11.8 Å². The first-order chi connectivity index (χ1) is 8.70. The third-order valence-corrected chi connectivity index (χ3v) is 4.00. The molecule has 7 nitrogen and oxygen atoms in total. The van der Waals surface area contributed by atoms with Crippen LogP contribution < -0.4 is 0 Å². The van der Waals surface area contributed by atoms with E-state index >= 15 is 0 Å². The maximum Gasteiger partial charge on any atom is 0.215 e. The van der Waals surface area contributed by atoms with E-state index in [1.54, 1.807) is 4.68 Å². The van der Waals surface area contributed by atoms with Crippen LogP contribution in [0.4, 0.5) is 0 Å². The van der Waals surface area contributed by atoms with Crippen molar-refractivity contribution in [1.82, 2.24) is 30.0 Å². The van der Waals surface area contributed by atoms with Crippen LogP contribution in [0.1, 0.15) is 34.9 Å². The predicted octanol–water partition coefficient (Wildman–Crippen LogP) is 1.01. The van der Waals surface area contributed by atoms with Gasteiger partial charge in [0.05, 0.1) is 17.3 Å². The first kappa shape index (κ1) is 11.4. The van der Waals surface area contributed by atoms with Crippen molar-refractivity contribution >= 4 is 18.0 Å². The van der Waals surface area contributed by atoms with E-state index in [4.69, 9.17) is 0 Å². The van der Waals surface area contributed by atoms with Gasteiger partial charge in [0, 0.05) is 7.05 Å². The van der Waals surface area contributed by atoms with Crippen molar-refractivity contribution in [3.05, 3.63) is 11.3 Å². The van der Waals surface area contributed by atoms with Gasteiger partial charge in [-0.05, 0) is 42.0 Å². The van der Waals surface area contributed by atoms with Crippen molar-refractivity contribution in [1.29, 1.82) is 0 Å². The van der Waals surface area contributed by atoms with Gasteiger partial charge in [-0.2, -0.15) is 5.10 Å². The molecule has 1 fully saturated rings. The number of aromatic nitrogens is 6. The minimum Gasteiger partial charge on any atom is -0.298 e. The van der Waals surface area contributed by atoms with E-state index in [-0.39, 0.29) is 0 Å². The lowest BCUT2D eigenvalue weighted by Crippen LogP contribution is -2.00. The summed E-state index contributed by atoms with van der Waals surface area (Å²) >= 11 is 1.38. The molecule has 94 valence electrons. The van der Waals surface area contributed by atoms with Crippen LogP contribution in [0, 0.1) is 6.92 Å². The molecular formula is C10H12N6OS. The Labute approximate surface area is 108 Å². The smallest absolute Gasteiger partial charge is 0.215 e. The van der Waals surface area contributed by atoms with Gasteiger partial charge in [-0.25, -0.2) is 4.68 Å². The van der Waals surface area contributed by atoms with Gasteiger partial charge in [0.15, 0.2) is 6.29 Å². The highest BCUT2D eigenvalue weighted by Crippen LogP contribution is 2.38. The number of aldehydes is 1. The molecule has 0 saturated heterocycles. The molecule has 0 unspecified atom stereocenters. The molecule has 0 amide bonds. The van der Waals surface area contributed by atoms with Crippen LogP contribution >= 0.6 is 11.8 Å². The van der Waals surface area contributed by atoms with E-state index < -0.39 is 0 Å². The Bertz CT molecular complexity index is 600. The van der Waals surface area contributed by atoms with Gasteiger partial charge in [0.2, 0.25) is 5.16 Å². The minimum atomic E-state index is 0.413. The zero-order valence-corrected chi connectivity index (χ0v) is 10.9. The van der Waals surface area contributed by atoms with Crippen molar-refractivity contribution in [2.24, 2.45) is 7.05 Å². The Morgan fingerprint density at radius 3 is 2.89 bits per heavy atom. The fourth-order valence-corrected chi connectivity index (χ4v) is 2.81. The summed E-state index contributed by atoms with van der Waals surface area (Å²) in [5.41, 5.74) is 1.33. The highest BCUT2D eigenvalue weighted by Gasteiger charge is 2.29. The number of rotatable bonds is 4. The van der Waals surface area contributed by atoms with Crippen LogP contribution in [0.5, 0.6) is 0 Å². The molecular weight excluding hydrogens is 252 g/mol. The van der Waals surface area contributed by atoms with Crippen LogP contribution in [-0.2, 0) is 7.05 Å². The summed E-state index contributed by atoms with van der Waals surface area (Å²) in [6.07, 6.45) is 3.06. The molecule has 0 bridgehead atoms. The number of aryl methyl sites for hydroxylation is 2. The van der Waals surface area contributed by atoms with E-state index in [0.717, 1.165) is 29.8 Å². The average Bonchev–Trinajstić information content (AvgIpc) is 3.02.